The summed E-state index contributed by atoms with van der Waals surface area (Å²) in [4.78, 5) is 0. The molecule has 4 N–H and O–H groups in total. The number of nitrogens with two attached hydrogens (primary N) is 2. The average Bonchev–Trinajstić information content (AvgIpc) is 2.21. The second-order valence-corrected chi connectivity index (χ2v) is 3.75. The fraction of sp³-hybridized carbons (Fsp3) is 0.833. The predicted octanol–water partition coefficient (Wildman–Crippen LogP) is 2.58. The van der Waals surface area contributed by atoms with Gasteiger partial charge in [0, 0.05) is 0 Å². The van der Waals surface area contributed by atoms with Crippen LogP contribution >= 0.6 is 0 Å². The minimum absolute atomic E-state index is 0.836. The van der Waals surface area contributed by atoms with Gasteiger partial charge in [-0.25, -0.2) is 0 Å². The third-order valence-corrected chi connectivity index (χ3v) is 2.32. The molecule has 0 heterocycles. The number of hydrogen-bond acceptors (Lipinski definition) is 2. The zero-order chi connectivity index (χ0) is 10.5. The Labute approximate surface area is 88.7 Å². The molecule has 0 aliphatic heterocycles. The van der Waals surface area contributed by atoms with Crippen molar-refractivity contribution in [3.05, 3.63) is 12.2 Å². The molecule has 0 atom stereocenters. The molecule has 14 heavy (non-hydrogen) atoms. The Morgan fingerprint density at radius 1 is 0.571 bits per heavy atom. The first-order valence-corrected chi connectivity index (χ1v) is 5.97. The van der Waals surface area contributed by atoms with Crippen LogP contribution in [0.2, 0.25) is 0 Å². The topological polar surface area (TPSA) is 52.0 Å². The van der Waals surface area contributed by atoms with E-state index in [-0.39, 0.29) is 0 Å². The quantitative estimate of drug-likeness (QED) is 0.419. The Morgan fingerprint density at radius 3 is 1.36 bits per heavy atom. The summed E-state index contributed by atoms with van der Waals surface area (Å²) in [5.74, 6) is 0. The highest BCUT2D eigenvalue weighted by Crippen LogP contribution is 2.03. The highest BCUT2D eigenvalue weighted by Gasteiger charge is 1.86. The van der Waals surface area contributed by atoms with E-state index < -0.39 is 0 Å². The van der Waals surface area contributed by atoms with E-state index >= 15 is 0 Å². The maximum absolute atomic E-state index is 5.41. The van der Waals surface area contributed by atoms with Crippen LogP contribution in [0.25, 0.3) is 0 Å². The maximum atomic E-state index is 5.41. The van der Waals surface area contributed by atoms with Crippen LogP contribution in [0.15, 0.2) is 12.2 Å². The molecule has 0 saturated heterocycles. The molecule has 2 heteroatoms. The van der Waals surface area contributed by atoms with Crippen LogP contribution in [-0.2, 0) is 0 Å². The van der Waals surface area contributed by atoms with Gasteiger partial charge < -0.3 is 11.5 Å². The van der Waals surface area contributed by atoms with Gasteiger partial charge in [-0.15, -0.1) is 0 Å². The monoisotopic (exact) mass is 198 g/mol. The lowest BCUT2D eigenvalue weighted by Crippen LogP contribution is -1.97. The van der Waals surface area contributed by atoms with Crippen molar-refractivity contribution in [1.82, 2.24) is 0 Å². The summed E-state index contributed by atoms with van der Waals surface area (Å²) in [6.45, 7) is 1.67. The number of allylic oxidation sites excluding steroid dienone is 2. The minimum Gasteiger partial charge on any atom is -0.330 e. The van der Waals surface area contributed by atoms with Crippen molar-refractivity contribution >= 4 is 0 Å². The Kier molecular flexibility index (Phi) is 12.4. The number of hydrogen-bond donors (Lipinski definition) is 2. The number of rotatable bonds is 10. The van der Waals surface area contributed by atoms with E-state index in [1.807, 2.05) is 0 Å². The van der Waals surface area contributed by atoms with E-state index in [0.717, 1.165) is 13.1 Å². The van der Waals surface area contributed by atoms with Crippen molar-refractivity contribution in [3.63, 3.8) is 0 Å². The summed E-state index contributed by atoms with van der Waals surface area (Å²) in [6, 6.07) is 0. The van der Waals surface area contributed by atoms with Gasteiger partial charge in [0.25, 0.3) is 0 Å². The molecular formula is C12H26N2. The van der Waals surface area contributed by atoms with Crippen molar-refractivity contribution in [3.8, 4) is 0 Å². The van der Waals surface area contributed by atoms with E-state index in [1.54, 1.807) is 0 Å². The fourth-order valence-corrected chi connectivity index (χ4v) is 1.40. The molecule has 0 saturated carbocycles. The van der Waals surface area contributed by atoms with E-state index in [9.17, 15) is 0 Å². The van der Waals surface area contributed by atoms with Crippen molar-refractivity contribution in [1.29, 1.82) is 0 Å². The first kappa shape index (κ1) is 13.7. The molecule has 0 fully saturated rings. The summed E-state index contributed by atoms with van der Waals surface area (Å²) < 4.78 is 0. The molecule has 0 unspecified atom stereocenters. The van der Waals surface area contributed by atoms with Gasteiger partial charge in [-0.1, -0.05) is 25.0 Å². The molecule has 2 nitrogen and oxygen atoms in total. The van der Waals surface area contributed by atoms with Crippen LogP contribution in [0.5, 0.6) is 0 Å². The smallest absolute Gasteiger partial charge is 0.00773 e. The van der Waals surface area contributed by atoms with Crippen molar-refractivity contribution in [2.75, 3.05) is 13.1 Å². The van der Waals surface area contributed by atoms with Crippen LogP contribution in [0, 0.1) is 0 Å². The lowest BCUT2D eigenvalue weighted by atomic mass is 10.1. The molecule has 0 radical (unpaired) electrons. The molecule has 0 amide bonds. The predicted molar refractivity (Wildman–Crippen MR) is 64.2 cm³/mol. The van der Waals surface area contributed by atoms with Gasteiger partial charge >= 0.3 is 0 Å². The highest BCUT2D eigenvalue weighted by atomic mass is 14.5. The summed E-state index contributed by atoms with van der Waals surface area (Å²) in [6.07, 6.45) is 14.5. The number of unbranched alkanes of at least 4 members (excludes halogenated alkanes) is 6. The Hall–Kier alpha value is -0.340. The van der Waals surface area contributed by atoms with Crippen LogP contribution < -0.4 is 11.5 Å². The summed E-state index contributed by atoms with van der Waals surface area (Å²) >= 11 is 0. The van der Waals surface area contributed by atoms with Crippen LogP contribution in [0.1, 0.15) is 51.4 Å². The molecule has 84 valence electrons. The second-order valence-electron chi connectivity index (χ2n) is 3.75. The SMILES string of the molecule is NCCCCCC=CCCCCCN. The third-order valence-electron chi connectivity index (χ3n) is 2.32. The van der Waals surface area contributed by atoms with Crippen LogP contribution in [-0.4, -0.2) is 13.1 Å². The van der Waals surface area contributed by atoms with Gasteiger partial charge in [-0.05, 0) is 51.6 Å². The molecule has 0 aromatic rings. The van der Waals surface area contributed by atoms with Crippen molar-refractivity contribution < 1.29 is 0 Å². The zero-order valence-electron chi connectivity index (χ0n) is 9.38. The van der Waals surface area contributed by atoms with Gasteiger partial charge in [0.1, 0.15) is 0 Å². The largest absolute Gasteiger partial charge is 0.330 e. The average molecular weight is 198 g/mol. The summed E-state index contributed by atoms with van der Waals surface area (Å²) in [7, 11) is 0. The Bertz CT molecular complexity index is 107. The van der Waals surface area contributed by atoms with Gasteiger partial charge in [0.15, 0.2) is 0 Å². The molecule has 0 aromatic heterocycles. The molecule has 0 rings (SSSR count). The first-order chi connectivity index (χ1) is 6.91. The van der Waals surface area contributed by atoms with Gasteiger partial charge in [-0.2, -0.15) is 0 Å². The van der Waals surface area contributed by atoms with Gasteiger partial charge in [0.2, 0.25) is 0 Å². The molecule has 0 aliphatic rings. The summed E-state index contributed by atoms with van der Waals surface area (Å²) in [5, 5.41) is 0. The first-order valence-electron chi connectivity index (χ1n) is 5.97. The summed E-state index contributed by atoms with van der Waals surface area (Å²) in [5.41, 5.74) is 10.8. The van der Waals surface area contributed by atoms with Crippen LogP contribution in [0.3, 0.4) is 0 Å². The molecule has 0 bridgehead atoms. The van der Waals surface area contributed by atoms with E-state index in [2.05, 4.69) is 12.2 Å². The fourth-order valence-electron chi connectivity index (χ4n) is 1.40. The molecule has 0 aromatic carbocycles. The van der Waals surface area contributed by atoms with E-state index in [4.69, 9.17) is 11.5 Å². The van der Waals surface area contributed by atoms with E-state index in [1.165, 1.54) is 51.4 Å². The maximum Gasteiger partial charge on any atom is -0.00773 e. The minimum atomic E-state index is 0.836. The lowest BCUT2D eigenvalue weighted by molar-refractivity contribution is 0.685. The van der Waals surface area contributed by atoms with Crippen molar-refractivity contribution in [2.45, 2.75) is 51.4 Å². The van der Waals surface area contributed by atoms with E-state index in [0.29, 0.717) is 0 Å². The Morgan fingerprint density at radius 2 is 1.00 bits per heavy atom. The van der Waals surface area contributed by atoms with Crippen molar-refractivity contribution in [2.24, 2.45) is 11.5 Å². The lowest BCUT2D eigenvalue weighted by Gasteiger charge is -1.95. The molecule has 0 aliphatic carbocycles. The molecule has 0 spiro atoms. The Balaban J connectivity index is 2.96. The van der Waals surface area contributed by atoms with Gasteiger partial charge in [-0.3, -0.25) is 0 Å². The molecular weight excluding hydrogens is 172 g/mol. The van der Waals surface area contributed by atoms with Crippen LogP contribution in [0.4, 0.5) is 0 Å². The second kappa shape index (κ2) is 12.7. The third kappa shape index (κ3) is 11.7. The highest BCUT2D eigenvalue weighted by molar-refractivity contribution is 4.81. The normalized spacial score (nSPS) is 11.3. The zero-order valence-corrected chi connectivity index (χ0v) is 9.38. The van der Waals surface area contributed by atoms with Gasteiger partial charge in [0.05, 0.1) is 0 Å². The standard InChI is InChI=1S/C12H26N2/c13-11-9-7-5-3-1-2-4-6-8-10-12-14/h1-2H,3-14H2.